The van der Waals surface area contributed by atoms with E-state index in [-0.39, 0.29) is 16.3 Å². The van der Waals surface area contributed by atoms with Gasteiger partial charge < -0.3 is 10.1 Å². The van der Waals surface area contributed by atoms with Gasteiger partial charge in [0.05, 0.1) is 5.56 Å². The Labute approximate surface area is 159 Å². The Kier molecular flexibility index (Phi) is 6.66. The number of rotatable bonds is 6. The zero-order chi connectivity index (χ0) is 20.0. The van der Waals surface area contributed by atoms with E-state index in [2.05, 4.69) is 10.6 Å². The first-order valence-electron chi connectivity index (χ1n) is 7.62. The number of urea groups is 1. The van der Waals surface area contributed by atoms with Crippen molar-refractivity contribution in [2.24, 2.45) is 5.14 Å². The third kappa shape index (κ3) is 6.16. The summed E-state index contributed by atoms with van der Waals surface area (Å²) in [6.45, 7) is 1.50. The zero-order valence-electron chi connectivity index (χ0n) is 14.2. The lowest BCUT2D eigenvalue weighted by Gasteiger charge is -2.13. The number of thiophene rings is 1. The van der Waals surface area contributed by atoms with Crippen molar-refractivity contribution in [1.29, 1.82) is 0 Å². The second kappa shape index (κ2) is 8.75. The number of hydrogen-bond acceptors (Lipinski definition) is 7. The second-order valence-corrected chi connectivity index (χ2v) is 8.10. The molecular weight excluding hydrogens is 394 g/mol. The highest BCUT2D eigenvalue weighted by molar-refractivity contribution is 7.91. The van der Waals surface area contributed by atoms with Crippen molar-refractivity contribution in [2.45, 2.75) is 23.8 Å². The Bertz CT molecular complexity index is 940. The van der Waals surface area contributed by atoms with E-state index in [9.17, 15) is 22.8 Å². The highest BCUT2D eigenvalue weighted by atomic mass is 32.2. The van der Waals surface area contributed by atoms with Crippen LogP contribution in [0.3, 0.4) is 0 Å². The summed E-state index contributed by atoms with van der Waals surface area (Å²) in [7, 11) is -3.93. The van der Waals surface area contributed by atoms with Crippen molar-refractivity contribution in [3.05, 3.63) is 52.9 Å². The molecule has 27 heavy (non-hydrogen) atoms. The summed E-state index contributed by atoms with van der Waals surface area (Å²) in [4.78, 5) is 35.6. The van der Waals surface area contributed by atoms with Crippen molar-refractivity contribution in [2.75, 3.05) is 0 Å². The summed E-state index contributed by atoms with van der Waals surface area (Å²) >= 11 is 0.757. The van der Waals surface area contributed by atoms with Gasteiger partial charge in [-0.25, -0.2) is 23.1 Å². The molecule has 0 aliphatic carbocycles. The number of nitrogens with two attached hydrogens (primary N) is 1. The topological polar surface area (TPSA) is 145 Å². The molecule has 0 spiro atoms. The average Bonchev–Trinajstić information content (AvgIpc) is 3.11. The summed E-state index contributed by atoms with van der Waals surface area (Å²) in [6, 6.07) is 9.40. The Morgan fingerprint density at radius 2 is 1.89 bits per heavy atom. The molecule has 0 aliphatic heterocycles. The number of imide groups is 1. The number of carbonyl (C=O) groups is 3. The van der Waals surface area contributed by atoms with Gasteiger partial charge in [-0.2, -0.15) is 0 Å². The molecule has 1 unspecified atom stereocenters. The van der Waals surface area contributed by atoms with Crippen molar-refractivity contribution >= 4 is 39.3 Å². The third-order valence-corrected chi connectivity index (χ3v) is 5.66. The molecule has 1 aromatic carbocycles. The molecule has 0 fully saturated rings. The van der Waals surface area contributed by atoms with Crippen LogP contribution in [-0.4, -0.2) is 32.4 Å². The minimum Gasteiger partial charge on any atom is -0.449 e. The second-order valence-electron chi connectivity index (χ2n) is 5.40. The molecule has 0 saturated carbocycles. The molecule has 4 N–H and O–H groups in total. The Morgan fingerprint density at radius 1 is 1.22 bits per heavy atom. The molecule has 3 amide bonds. The van der Waals surface area contributed by atoms with Gasteiger partial charge in [0.15, 0.2) is 6.10 Å². The molecule has 0 radical (unpaired) electrons. The van der Waals surface area contributed by atoms with Crippen molar-refractivity contribution in [1.82, 2.24) is 10.6 Å². The van der Waals surface area contributed by atoms with Gasteiger partial charge in [0.25, 0.3) is 5.91 Å². The number of benzene rings is 1. The van der Waals surface area contributed by atoms with E-state index < -0.39 is 34.0 Å². The van der Waals surface area contributed by atoms with E-state index in [0.29, 0.717) is 0 Å². The lowest BCUT2D eigenvalue weighted by molar-refractivity contribution is -0.127. The first-order valence-corrected chi connectivity index (χ1v) is 10.0. The molecule has 9 nitrogen and oxygen atoms in total. The summed E-state index contributed by atoms with van der Waals surface area (Å²) in [6.07, 6.45) is -1.27. The fourth-order valence-electron chi connectivity index (χ4n) is 1.89. The quantitative estimate of drug-likeness (QED) is 0.604. The van der Waals surface area contributed by atoms with E-state index in [0.717, 1.165) is 23.0 Å². The standard InChI is InChI=1S/C16H17N3O6S2/c1-10(25-15(21)12-7-13(26-9-12)27(17,23)24)14(20)19-16(22)18-8-11-5-3-2-4-6-11/h2-7,9-10H,8H2,1H3,(H2,17,23,24)(H2,18,19,20,22). The Morgan fingerprint density at radius 3 is 2.48 bits per heavy atom. The van der Waals surface area contributed by atoms with Gasteiger partial charge in [-0.05, 0) is 18.6 Å². The van der Waals surface area contributed by atoms with Crippen LogP contribution in [0, 0.1) is 0 Å². The number of amides is 3. The van der Waals surface area contributed by atoms with Crippen LogP contribution in [0.5, 0.6) is 0 Å². The predicted molar refractivity (Wildman–Crippen MR) is 97.4 cm³/mol. The van der Waals surface area contributed by atoms with Crippen LogP contribution in [0.2, 0.25) is 0 Å². The van der Waals surface area contributed by atoms with Crippen LogP contribution in [-0.2, 0) is 26.1 Å². The van der Waals surface area contributed by atoms with Crippen LogP contribution in [0.1, 0.15) is 22.8 Å². The smallest absolute Gasteiger partial charge is 0.339 e. The lowest BCUT2D eigenvalue weighted by atomic mass is 10.2. The first-order chi connectivity index (χ1) is 12.7. The molecule has 2 aromatic rings. The summed E-state index contributed by atoms with van der Waals surface area (Å²) < 4.78 is 27.2. The fraction of sp³-hybridized carbons (Fsp3) is 0.188. The molecular formula is C16H17N3O6S2. The van der Waals surface area contributed by atoms with Crippen LogP contribution in [0.25, 0.3) is 0 Å². The summed E-state index contributed by atoms with van der Waals surface area (Å²) in [5.41, 5.74) is 0.792. The van der Waals surface area contributed by atoms with Gasteiger partial charge in [-0.1, -0.05) is 30.3 Å². The van der Waals surface area contributed by atoms with Gasteiger partial charge in [-0.15, -0.1) is 11.3 Å². The first kappa shape index (κ1) is 20.6. The molecule has 2 rings (SSSR count). The van der Waals surface area contributed by atoms with E-state index in [1.165, 1.54) is 12.3 Å². The number of primary sulfonamides is 1. The largest absolute Gasteiger partial charge is 0.449 e. The maximum absolute atomic E-state index is 12.0. The summed E-state index contributed by atoms with van der Waals surface area (Å²) in [5, 5.41) is 10.8. The fourth-order valence-corrected chi connectivity index (χ4v) is 3.47. The molecule has 0 saturated heterocycles. The molecule has 1 heterocycles. The number of nitrogens with one attached hydrogen (secondary N) is 2. The minimum absolute atomic E-state index is 0.0581. The van der Waals surface area contributed by atoms with E-state index in [4.69, 9.17) is 9.88 Å². The molecule has 1 aromatic heterocycles. The highest BCUT2D eigenvalue weighted by Crippen LogP contribution is 2.19. The number of carbonyl (C=O) groups excluding carboxylic acids is 3. The van der Waals surface area contributed by atoms with Crippen LogP contribution < -0.4 is 15.8 Å². The van der Waals surface area contributed by atoms with Crippen molar-refractivity contribution < 1.29 is 27.5 Å². The summed E-state index contributed by atoms with van der Waals surface area (Å²) in [5.74, 6) is -1.73. The van der Waals surface area contributed by atoms with Gasteiger partial charge >= 0.3 is 12.0 Å². The van der Waals surface area contributed by atoms with Crippen LogP contribution in [0.15, 0.2) is 46.0 Å². The number of hydrogen-bond donors (Lipinski definition) is 3. The van der Waals surface area contributed by atoms with Gasteiger partial charge in [0, 0.05) is 11.9 Å². The van der Waals surface area contributed by atoms with Gasteiger partial charge in [0.2, 0.25) is 10.0 Å². The normalized spacial score (nSPS) is 12.1. The Hall–Kier alpha value is -2.76. The van der Waals surface area contributed by atoms with E-state index >= 15 is 0 Å². The van der Waals surface area contributed by atoms with E-state index in [1.807, 2.05) is 30.3 Å². The maximum atomic E-state index is 12.0. The number of esters is 1. The van der Waals surface area contributed by atoms with Crippen molar-refractivity contribution in [3.63, 3.8) is 0 Å². The molecule has 0 aliphatic rings. The molecule has 11 heteroatoms. The monoisotopic (exact) mass is 411 g/mol. The van der Waals surface area contributed by atoms with Crippen LogP contribution >= 0.6 is 11.3 Å². The zero-order valence-corrected chi connectivity index (χ0v) is 15.8. The molecule has 1 atom stereocenters. The average molecular weight is 411 g/mol. The Balaban J connectivity index is 1.84. The predicted octanol–water partition coefficient (Wildman–Crippen LogP) is 0.967. The van der Waals surface area contributed by atoms with Crippen molar-refractivity contribution in [3.8, 4) is 0 Å². The lowest BCUT2D eigenvalue weighted by Crippen LogP contribution is -2.44. The van der Waals surface area contributed by atoms with Gasteiger partial charge in [-0.3, -0.25) is 10.1 Å². The SMILES string of the molecule is CC(OC(=O)c1csc(S(N)(=O)=O)c1)C(=O)NC(=O)NCc1ccccc1. The third-order valence-electron chi connectivity index (χ3n) is 3.28. The minimum atomic E-state index is -3.93. The molecule has 0 bridgehead atoms. The van der Waals surface area contributed by atoms with Crippen LogP contribution in [0.4, 0.5) is 4.79 Å². The number of sulfonamides is 1. The maximum Gasteiger partial charge on any atom is 0.339 e. The van der Waals surface area contributed by atoms with E-state index in [1.54, 1.807) is 0 Å². The highest BCUT2D eigenvalue weighted by Gasteiger charge is 2.22. The number of ether oxygens (including phenoxy) is 1. The molecule has 144 valence electrons. The van der Waals surface area contributed by atoms with Gasteiger partial charge in [0.1, 0.15) is 4.21 Å².